The van der Waals surface area contributed by atoms with Crippen molar-refractivity contribution < 1.29 is 4.42 Å². The highest BCUT2D eigenvalue weighted by molar-refractivity contribution is 5.64. The van der Waals surface area contributed by atoms with E-state index in [1.165, 1.54) is 17.5 Å². The molecule has 21 heavy (non-hydrogen) atoms. The molecule has 2 aromatic heterocycles. The maximum atomic E-state index is 5.25. The summed E-state index contributed by atoms with van der Waals surface area (Å²) in [5.41, 5.74) is 4.31. The molecule has 0 bridgehead atoms. The topological polar surface area (TPSA) is 63.8 Å². The maximum Gasteiger partial charge on any atom is 0.247 e. The molecule has 1 aromatic carbocycles. The zero-order valence-corrected chi connectivity index (χ0v) is 11.9. The van der Waals surface area contributed by atoms with Gasteiger partial charge < -0.3 is 9.73 Å². The highest BCUT2D eigenvalue weighted by Gasteiger charge is 2.10. The van der Waals surface area contributed by atoms with E-state index in [4.69, 9.17) is 4.42 Å². The van der Waals surface area contributed by atoms with Gasteiger partial charge in [0.1, 0.15) is 0 Å². The first kappa shape index (κ1) is 13.3. The van der Waals surface area contributed by atoms with Crippen LogP contribution in [-0.4, -0.2) is 15.2 Å². The molecule has 1 atom stereocenters. The van der Waals surface area contributed by atoms with E-state index in [2.05, 4.69) is 34.3 Å². The summed E-state index contributed by atoms with van der Waals surface area (Å²) in [6.45, 7) is 4.19. The Balaban J connectivity index is 1.86. The molecule has 0 aliphatic rings. The number of hydrogen-bond acceptors (Lipinski definition) is 5. The van der Waals surface area contributed by atoms with Gasteiger partial charge >= 0.3 is 0 Å². The molecule has 1 unspecified atom stereocenters. The number of nitrogens with zero attached hydrogens (tertiary/aromatic N) is 3. The molecule has 3 rings (SSSR count). The van der Waals surface area contributed by atoms with E-state index in [-0.39, 0.29) is 6.04 Å². The molecule has 1 N–H and O–H groups in total. The van der Waals surface area contributed by atoms with Crippen molar-refractivity contribution in [3.63, 3.8) is 0 Å². The van der Waals surface area contributed by atoms with Gasteiger partial charge in [0, 0.05) is 29.7 Å². The van der Waals surface area contributed by atoms with Gasteiger partial charge in [-0.3, -0.25) is 4.98 Å². The Kier molecular flexibility index (Phi) is 3.64. The van der Waals surface area contributed by atoms with E-state index in [0.29, 0.717) is 5.89 Å². The first-order valence-electron chi connectivity index (χ1n) is 6.77. The molecule has 0 spiro atoms. The Morgan fingerprint density at radius 1 is 1.14 bits per heavy atom. The Morgan fingerprint density at radius 2 is 1.95 bits per heavy atom. The van der Waals surface area contributed by atoms with Crippen molar-refractivity contribution in [2.45, 2.75) is 19.9 Å². The predicted octanol–water partition coefficient (Wildman–Crippen LogP) is 3.61. The van der Waals surface area contributed by atoms with Crippen molar-refractivity contribution in [1.29, 1.82) is 0 Å². The number of aryl methyl sites for hydroxylation is 1. The van der Waals surface area contributed by atoms with Gasteiger partial charge in [-0.05, 0) is 49.2 Å². The molecule has 5 nitrogen and oxygen atoms in total. The summed E-state index contributed by atoms with van der Waals surface area (Å²) in [4.78, 5) is 4.04. The number of benzene rings is 1. The summed E-state index contributed by atoms with van der Waals surface area (Å²) in [6.07, 6.45) is 4.94. The molecule has 2 heterocycles. The second kappa shape index (κ2) is 5.75. The second-order valence-corrected chi connectivity index (χ2v) is 4.92. The van der Waals surface area contributed by atoms with Crippen LogP contribution in [0.15, 0.2) is 53.5 Å². The number of aromatic nitrogens is 3. The lowest BCUT2D eigenvalue weighted by atomic mass is 10.1. The number of hydrogen-bond donors (Lipinski definition) is 1. The summed E-state index contributed by atoms with van der Waals surface area (Å²) < 4.78 is 5.25. The van der Waals surface area contributed by atoms with Crippen molar-refractivity contribution in [1.82, 2.24) is 15.2 Å². The van der Waals surface area contributed by atoms with Crippen LogP contribution in [0.25, 0.3) is 11.5 Å². The highest BCUT2D eigenvalue weighted by atomic mass is 16.4. The standard InChI is InChI=1S/C16H16N4O/c1-11-3-4-14(16-20-18-10-21-16)9-15(11)19-12(2)13-5-7-17-8-6-13/h3-10,12,19H,1-2H3. The minimum atomic E-state index is 0.185. The Bertz CT molecular complexity index is 710. The van der Waals surface area contributed by atoms with Crippen LogP contribution in [-0.2, 0) is 0 Å². The fourth-order valence-corrected chi connectivity index (χ4v) is 2.18. The average Bonchev–Trinajstić information content (AvgIpc) is 3.04. The first-order valence-corrected chi connectivity index (χ1v) is 6.77. The lowest BCUT2D eigenvalue weighted by molar-refractivity contribution is 0.568. The molecule has 0 aliphatic heterocycles. The van der Waals surface area contributed by atoms with E-state index in [0.717, 1.165) is 11.3 Å². The normalized spacial score (nSPS) is 12.1. The van der Waals surface area contributed by atoms with Crippen molar-refractivity contribution in [2.24, 2.45) is 0 Å². The maximum absolute atomic E-state index is 5.25. The third-order valence-electron chi connectivity index (χ3n) is 3.42. The lowest BCUT2D eigenvalue weighted by Gasteiger charge is -2.17. The summed E-state index contributed by atoms with van der Waals surface area (Å²) in [6, 6.07) is 10.3. The molecule has 5 heteroatoms. The van der Waals surface area contributed by atoms with E-state index in [1.54, 1.807) is 12.4 Å². The predicted molar refractivity (Wildman–Crippen MR) is 80.7 cm³/mol. The third-order valence-corrected chi connectivity index (χ3v) is 3.42. The van der Waals surface area contributed by atoms with Crippen molar-refractivity contribution in [3.05, 3.63) is 60.2 Å². The van der Waals surface area contributed by atoms with Crippen LogP contribution in [0, 0.1) is 6.92 Å². The van der Waals surface area contributed by atoms with Gasteiger partial charge in [-0.1, -0.05) is 6.07 Å². The molecule has 0 aliphatic carbocycles. The molecular formula is C16H16N4O. The average molecular weight is 280 g/mol. The van der Waals surface area contributed by atoms with Gasteiger partial charge in [0.25, 0.3) is 0 Å². The molecule has 0 fully saturated rings. The van der Waals surface area contributed by atoms with E-state index in [1.807, 2.05) is 30.3 Å². The summed E-state index contributed by atoms with van der Waals surface area (Å²) >= 11 is 0. The SMILES string of the molecule is Cc1ccc(-c2nnco2)cc1NC(C)c1ccncc1. The molecule has 0 radical (unpaired) electrons. The van der Waals surface area contributed by atoms with Crippen molar-refractivity contribution in [2.75, 3.05) is 5.32 Å². The number of pyridine rings is 1. The minimum Gasteiger partial charge on any atom is -0.423 e. The smallest absolute Gasteiger partial charge is 0.247 e. The largest absolute Gasteiger partial charge is 0.423 e. The van der Waals surface area contributed by atoms with Crippen LogP contribution in [0.2, 0.25) is 0 Å². The monoisotopic (exact) mass is 280 g/mol. The van der Waals surface area contributed by atoms with E-state index in [9.17, 15) is 0 Å². The zero-order valence-electron chi connectivity index (χ0n) is 11.9. The van der Waals surface area contributed by atoms with E-state index >= 15 is 0 Å². The van der Waals surface area contributed by atoms with Crippen LogP contribution in [0.4, 0.5) is 5.69 Å². The highest BCUT2D eigenvalue weighted by Crippen LogP contribution is 2.27. The Labute approximate surface area is 123 Å². The van der Waals surface area contributed by atoms with Crippen LogP contribution in [0.5, 0.6) is 0 Å². The van der Waals surface area contributed by atoms with Gasteiger partial charge in [0.15, 0.2) is 0 Å². The van der Waals surface area contributed by atoms with Crippen molar-refractivity contribution in [3.8, 4) is 11.5 Å². The third kappa shape index (κ3) is 2.91. The van der Waals surface area contributed by atoms with E-state index < -0.39 is 0 Å². The summed E-state index contributed by atoms with van der Waals surface area (Å²) in [7, 11) is 0. The van der Waals surface area contributed by atoms with Crippen LogP contribution >= 0.6 is 0 Å². The molecule has 0 saturated carbocycles. The molecule has 106 valence electrons. The molecule has 0 amide bonds. The van der Waals surface area contributed by atoms with Gasteiger partial charge in [0.2, 0.25) is 12.3 Å². The van der Waals surface area contributed by atoms with Crippen molar-refractivity contribution >= 4 is 5.69 Å². The Morgan fingerprint density at radius 3 is 2.67 bits per heavy atom. The second-order valence-electron chi connectivity index (χ2n) is 4.92. The summed E-state index contributed by atoms with van der Waals surface area (Å²) in [5, 5.41) is 11.2. The Hall–Kier alpha value is -2.69. The number of rotatable bonds is 4. The summed E-state index contributed by atoms with van der Waals surface area (Å²) in [5.74, 6) is 0.523. The van der Waals surface area contributed by atoms with Gasteiger partial charge in [-0.15, -0.1) is 10.2 Å². The number of anilines is 1. The van der Waals surface area contributed by atoms with Crippen LogP contribution < -0.4 is 5.32 Å². The molecule has 0 saturated heterocycles. The van der Waals surface area contributed by atoms with Gasteiger partial charge in [0.05, 0.1) is 0 Å². The van der Waals surface area contributed by atoms with Gasteiger partial charge in [-0.25, -0.2) is 0 Å². The fraction of sp³-hybridized carbons (Fsp3) is 0.188. The van der Waals surface area contributed by atoms with Crippen LogP contribution in [0.1, 0.15) is 24.1 Å². The molecular weight excluding hydrogens is 264 g/mol. The fourth-order valence-electron chi connectivity index (χ4n) is 2.18. The molecule has 3 aromatic rings. The zero-order chi connectivity index (χ0) is 14.7. The lowest BCUT2D eigenvalue weighted by Crippen LogP contribution is -2.07. The quantitative estimate of drug-likeness (QED) is 0.790. The van der Waals surface area contributed by atoms with Crippen LogP contribution in [0.3, 0.4) is 0 Å². The first-order chi connectivity index (χ1) is 10.2. The minimum absolute atomic E-state index is 0.185. The van der Waals surface area contributed by atoms with Gasteiger partial charge in [-0.2, -0.15) is 0 Å². The number of nitrogens with one attached hydrogen (secondary N) is 1.